The maximum atomic E-state index is 6.27. The lowest BCUT2D eigenvalue weighted by molar-refractivity contribution is 0.226. The molecule has 3 aromatic rings. The first kappa shape index (κ1) is 19.1. The van der Waals surface area contributed by atoms with Crippen LogP contribution in [-0.2, 0) is 0 Å². The summed E-state index contributed by atoms with van der Waals surface area (Å²) in [6.45, 7) is 14.4. The first-order valence-electron chi connectivity index (χ1n) is 9.44. The second-order valence-corrected chi connectivity index (χ2v) is 6.02. The number of hydrogen-bond acceptors (Lipinski definition) is 1. The minimum atomic E-state index is 0.0966. The monoisotopic (exact) mass is 334 g/mol. The summed E-state index contributed by atoms with van der Waals surface area (Å²) in [5, 5.41) is 2.45. The van der Waals surface area contributed by atoms with E-state index in [1.807, 2.05) is 27.7 Å². The number of rotatable bonds is 0. The quantitative estimate of drug-likeness (QED) is 0.410. The molecule has 4 rings (SSSR count). The van der Waals surface area contributed by atoms with Crippen LogP contribution < -0.4 is 4.74 Å². The maximum Gasteiger partial charge on any atom is 0.135 e. The minimum Gasteiger partial charge on any atom is -0.485 e. The topological polar surface area (TPSA) is 9.23 Å². The van der Waals surface area contributed by atoms with E-state index in [-0.39, 0.29) is 6.10 Å². The van der Waals surface area contributed by atoms with Crippen molar-refractivity contribution in [2.45, 2.75) is 54.6 Å². The number of ether oxygens (including phenoxy) is 1. The molecule has 1 aliphatic heterocycles. The Kier molecular flexibility index (Phi) is 6.25. The number of aryl methyl sites for hydroxylation is 2. The molecule has 0 saturated carbocycles. The number of benzene rings is 3. The normalized spacial score (nSPS) is 14.1. The predicted octanol–water partition coefficient (Wildman–Crippen LogP) is 7.63. The van der Waals surface area contributed by atoms with Gasteiger partial charge in [0, 0.05) is 16.5 Å². The minimum absolute atomic E-state index is 0.0966. The molecule has 0 aliphatic carbocycles. The van der Waals surface area contributed by atoms with Crippen LogP contribution in [0, 0.1) is 13.8 Å². The summed E-state index contributed by atoms with van der Waals surface area (Å²) < 4.78 is 6.27. The van der Waals surface area contributed by atoms with Gasteiger partial charge < -0.3 is 4.74 Å². The second kappa shape index (κ2) is 8.20. The Morgan fingerprint density at radius 2 is 1.32 bits per heavy atom. The molecular formula is C24H30O. The Labute approximate surface area is 152 Å². The molecule has 1 aliphatic rings. The summed E-state index contributed by atoms with van der Waals surface area (Å²) in [4.78, 5) is 0. The summed E-state index contributed by atoms with van der Waals surface area (Å²) >= 11 is 0. The third-order valence-corrected chi connectivity index (χ3v) is 4.36. The van der Waals surface area contributed by atoms with Gasteiger partial charge in [-0.2, -0.15) is 0 Å². The van der Waals surface area contributed by atoms with Crippen LogP contribution in [0.5, 0.6) is 5.75 Å². The zero-order valence-electron chi connectivity index (χ0n) is 16.6. The van der Waals surface area contributed by atoms with Crippen LogP contribution in [0.25, 0.3) is 21.9 Å². The van der Waals surface area contributed by atoms with Crippen molar-refractivity contribution in [3.63, 3.8) is 0 Å². The van der Waals surface area contributed by atoms with E-state index >= 15 is 0 Å². The fraction of sp³-hybridized carbons (Fsp3) is 0.333. The van der Waals surface area contributed by atoms with Crippen molar-refractivity contribution in [2.75, 3.05) is 0 Å². The van der Waals surface area contributed by atoms with Crippen LogP contribution in [0.1, 0.15) is 57.4 Å². The molecule has 132 valence electrons. The largest absolute Gasteiger partial charge is 0.485 e. The summed E-state index contributed by atoms with van der Waals surface area (Å²) in [7, 11) is 0. The molecule has 0 fully saturated rings. The lowest BCUT2D eigenvalue weighted by Crippen LogP contribution is -2.11. The molecule has 0 amide bonds. The van der Waals surface area contributed by atoms with Crippen molar-refractivity contribution in [1.82, 2.24) is 0 Å². The zero-order valence-corrected chi connectivity index (χ0v) is 16.6. The third-order valence-electron chi connectivity index (χ3n) is 4.36. The van der Waals surface area contributed by atoms with Gasteiger partial charge in [-0.3, -0.25) is 0 Å². The highest BCUT2D eigenvalue weighted by Crippen LogP contribution is 2.46. The van der Waals surface area contributed by atoms with Crippen molar-refractivity contribution in [1.29, 1.82) is 0 Å². The molecular weight excluding hydrogens is 304 g/mol. The highest BCUT2D eigenvalue weighted by molar-refractivity contribution is 5.96. The summed E-state index contributed by atoms with van der Waals surface area (Å²) in [6, 6.07) is 17.6. The number of fused-ring (bicyclic) bond motifs is 5. The van der Waals surface area contributed by atoms with Gasteiger partial charge in [-0.25, -0.2) is 0 Å². The molecule has 1 unspecified atom stereocenters. The van der Waals surface area contributed by atoms with E-state index in [0.29, 0.717) is 0 Å². The van der Waals surface area contributed by atoms with Gasteiger partial charge >= 0.3 is 0 Å². The van der Waals surface area contributed by atoms with E-state index in [0.717, 1.165) is 5.75 Å². The molecule has 0 aromatic heterocycles. The van der Waals surface area contributed by atoms with E-state index in [1.54, 1.807) is 0 Å². The molecule has 0 saturated heterocycles. The van der Waals surface area contributed by atoms with Gasteiger partial charge in [0.15, 0.2) is 0 Å². The zero-order chi connectivity index (χ0) is 18.6. The van der Waals surface area contributed by atoms with Gasteiger partial charge in [0.1, 0.15) is 11.9 Å². The molecule has 0 N–H and O–H groups in total. The molecule has 1 atom stereocenters. The molecule has 1 heteroatoms. The molecule has 1 nitrogen and oxygen atoms in total. The van der Waals surface area contributed by atoms with Crippen LogP contribution in [-0.4, -0.2) is 0 Å². The first-order valence-corrected chi connectivity index (χ1v) is 9.44. The van der Waals surface area contributed by atoms with E-state index < -0.39 is 0 Å². The highest BCUT2D eigenvalue weighted by atomic mass is 16.5. The van der Waals surface area contributed by atoms with Gasteiger partial charge in [0.2, 0.25) is 0 Å². The predicted molar refractivity (Wildman–Crippen MR) is 111 cm³/mol. The van der Waals surface area contributed by atoms with Crippen LogP contribution in [0.4, 0.5) is 0 Å². The fourth-order valence-electron chi connectivity index (χ4n) is 3.26. The van der Waals surface area contributed by atoms with Gasteiger partial charge in [-0.1, -0.05) is 87.4 Å². The lowest BCUT2D eigenvalue weighted by atomic mass is 9.90. The van der Waals surface area contributed by atoms with Crippen molar-refractivity contribution >= 4 is 10.8 Å². The summed E-state index contributed by atoms with van der Waals surface area (Å²) in [5.74, 6) is 1.02. The molecule has 3 aromatic carbocycles. The Balaban J connectivity index is 0.000000528. The Hall–Kier alpha value is -2.28. The number of hydrogen-bond donors (Lipinski definition) is 0. The Morgan fingerprint density at radius 3 is 2.04 bits per heavy atom. The van der Waals surface area contributed by atoms with Crippen molar-refractivity contribution in [3.8, 4) is 16.9 Å². The van der Waals surface area contributed by atoms with Crippen molar-refractivity contribution in [2.24, 2.45) is 0 Å². The molecule has 0 radical (unpaired) electrons. The average Bonchev–Trinajstić information content (AvgIpc) is 2.65. The average molecular weight is 335 g/mol. The second-order valence-electron chi connectivity index (χ2n) is 6.02. The van der Waals surface area contributed by atoms with E-state index in [9.17, 15) is 0 Å². The van der Waals surface area contributed by atoms with Gasteiger partial charge in [0.25, 0.3) is 0 Å². The van der Waals surface area contributed by atoms with Crippen LogP contribution >= 0.6 is 0 Å². The van der Waals surface area contributed by atoms with Gasteiger partial charge in [-0.05, 0) is 31.7 Å². The van der Waals surface area contributed by atoms with Crippen LogP contribution in [0.3, 0.4) is 0 Å². The van der Waals surface area contributed by atoms with E-state index in [1.165, 1.54) is 38.6 Å². The molecule has 25 heavy (non-hydrogen) atoms. The van der Waals surface area contributed by atoms with Crippen LogP contribution in [0.15, 0.2) is 48.5 Å². The third kappa shape index (κ3) is 3.56. The standard InChI is InChI=1S/C20H18O.2C2H6/c1-12-4-7-16-15(10-12)6-9-18-17-8-5-13(2)11-19(17)14(3)21-20(16)18;2*1-2/h4-11,14H,1-3H3;2*1-2H3. The van der Waals surface area contributed by atoms with E-state index in [2.05, 4.69) is 69.3 Å². The summed E-state index contributed by atoms with van der Waals surface area (Å²) in [5.41, 5.74) is 6.36. The van der Waals surface area contributed by atoms with E-state index in [4.69, 9.17) is 4.74 Å². The Bertz CT molecular complexity index is 861. The van der Waals surface area contributed by atoms with Gasteiger partial charge in [-0.15, -0.1) is 0 Å². The Morgan fingerprint density at radius 1 is 0.720 bits per heavy atom. The fourth-order valence-corrected chi connectivity index (χ4v) is 3.26. The summed E-state index contributed by atoms with van der Waals surface area (Å²) in [6.07, 6.45) is 0.0966. The van der Waals surface area contributed by atoms with Crippen molar-refractivity contribution in [3.05, 3.63) is 65.2 Å². The highest BCUT2D eigenvalue weighted by Gasteiger charge is 2.24. The van der Waals surface area contributed by atoms with Crippen molar-refractivity contribution < 1.29 is 4.74 Å². The first-order chi connectivity index (χ1) is 12.1. The SMILES string of the molecule is CC.CC.Cc1ccc2c(c1)C(C)Oc1c-2ccc2cc(C)ccc12. The lowest BCUT2D eigenvalue weighted by Gasteiger charge is -2.28. The smallest absolute Gasteiger partial charge is 0.135 e. The molecule has 0 bridgehead atoms. The molecule has 1 heterocycles. The van der Waals surface area contributed by atoms with Gasteiger partial charge in [0.05, 0.1) is 0 Å². The molecule has 0 spiro atoms. The van der Waals surface area contributed by atoms with Crippen LogP contribution in [0.2, 0.25) is 0 Å². The maximum absolute atomic E-state index is 6.27.